The molecule has 1 saturated carbocycles. The van der Waals surface area contributed by atoms with Crippen LogP contribution in [0.1, 0.15) is 69.3 Å². The Morgan fingerprint density at radius 2 is 1.51 bits per heavy atom. The fraction of sp³-hybridized carbons (Fsp3) is 0.326. The number of benzene rings is 3. The molecule has 59 heavy (non-hydrogen) atoms. The second-order valence-corrected chi connectivity index (χ2v) is 17.3. The Morgan fingerprint density at radius 3 is 2.00 bits per heavy atom. The first-order chi connectivity index (χ1) is 28.2. The van der Waals surface area contributed by atoms with Gasteiger partial charge in [0.1, 0.15) is 40.6 Å². The minimum Gasteiger partial charge on any atom is -0.477 e. The van der Waals surface area contributed by atoms with Crippen LogP contribution in [0.3, 0.4) is 0 Å². The van der Waals surface area contributed by atoms with E-state index in [0.717, 1.165) is 21.6 Å². The van der Waals surface area contributed by atoms with Gasteiger partial charge in [-0.2, -0.15) is 0 Å². The summed E-state index contributed by atoms with van der Waals surface area (Å²) in [6.45, 7) is 6.16. The molecular formula is C43H43N5O9S2. The number of aliphatic carboxylic acids is 1. The molecule has 1 saturated heterocycles. The maximum Gasteiger partial charge on any atom is 0.353 e. The van der Waals surface area contributed by atoms with Gasteiger partial charge in [-0.25, -0.2) is 14.6 Å². The molecule has 3 aliphatic rings. The highest BCUT2D eigenvalue weighted by molar-refractivity contribution is 8.00. The summed E-state index contributed by atoms with van der Waals surface area (Å²) in [4.78, 5) is 77.0. The van der Waals surface area contributed by atoms with Crippen molar-refractivity contribution < 1.29 is 43.4 Å². The van der Waals surface area contributed by atoms with Gasteiger partial charge in [-0.1, -0.05) is 96.2 Å². The highest BCUT2D eigenvalue weighted by Gasteiger charge is 2.55. The zero-order valence-corrected chi connectivity index (χ0v) is 34.4. The summed E-state index contributed by atoms with van der Waals surface area (Å²) in [6, 6.07) is 28.6. The molecule has 14 nitrogen and oxygen atoms in total. The van der Waals surface area contributed by atoms with Crippen molar-refractivity contribution >= 4 is 63.7 Å². The van der Waals surface area contributed by atoms with Gasteiger partial charge in [-0.15, -0.1) is 23.1 Å². The van der Waals surface area contributed by atoms with Crippen molar-refractivity contribution in [2.75, 3.05) is 17.7 Å². The fourth-order valence-corrected chi connectivity index (χ4v) is 9.19. The van der Waals surface area contributed by atoms with E-state index in [4.69, 9.17) is 19.3 Å². The quantitative estimate of drug-likeness (QED) is 0.0454. The van der Waals surface area contributed by atoms with E-state index in [1.165, 1.54) is 30.0 Å². The molecule has 7 rings (SSSR count). The van der Waals surface area contributed by atoms with E-state index < -0.39 is 57.9 Å². The van der Waals surface area contributed by atoms with Crippen molar-refractivity contribution in [3.05, 3.63) is 130 Å². The summed E-state index contributed by atoms with van der Waals surface area (Å²) in [7, 11) is 0. The van der Waals surface area contributed by atoms with Gasteiger partial charge in [0.05, 0.1) is 0 Å². The molecule has 2 fully saturated rings. The van der Waals surface area contributed by atoms with Crippen molar-refractivity contribution in [3.8, 4) is 0 Å². The molecule has 306 valence electrons. The first-order valence-corrected chi connectivity index (χ1v) is 20.9. The van der Waals surface area contributed by atoms with Crippen LogP contribution in [0, 0.1) is 0 Å². The van der Waals surface area contributed by atoms with E-state index in [1.807, 2.05) is 91.0 Å². The van der Waals surface area contributed by atoms with Gasteiger partial charge in [-0.3, -0.25) is 19.3 Å². The lowest BCUT2D eigenvalue weighted by Crippen LogP contribution is -2.71. The number of hydrogen-bond acceptors (Lipinski definition) is 13. The Labute approximate surface area is 349 Å². The molecule has 0 spiro atoms. The van der Waals surface area contributed by atoms with Crippen molar-refractivity contribution in [2.24, 2.45) is 5.16 Å². The van der Waals surface area contributed by atoms with Crippen LogP contribution in [0.25, 0.3) is 0 Å². The van der Waals surface area contributed by atoms with Gasteiger partial charge >= 0.3 is 17.9 Å². The number of carbonyl (C=O) groups is 5. The average molecular weight is 838 g/mol. The zero-order valence-electron chi connectivity index (χ0n) is 32.8. The minimum absolute atomic E-state index is 0.103. The van der Waals surface area contributed by atoms with Crippen LogP contribution in [-0.2, 0) is 43.8 Å². The number of anilines is 1. The van der Waals surface area contributed by atoms with E-state index in [9.17, 15) is 29.1 Å². The normalized spacial score (nSPS) is 18.7. The van der Waals surface area contributed by atoms with Crippen LogP contribution in [0.4, 0.5) is 5.13 Å². The Hall–Kier alpha value is -6.00. The first kappa shape index (κ1) is 41.2. The summed E-state index contributed by atoms with van der Waals surface area (Å²) in [5, 5.41) is 22.0. The van der Waals surface area contributed by atoms with Crippen LogP contribution in [0.5, 0.6) is 0 Å². The van der Waals surface area contributed by atoms with Gasteiger partial charge in [-0.05, 0) is 43.9 Å². The molecule has 1 aliphatic carbocycles. The number of nitrogens with one attached hydrogen (secondary N) is 2. The van der Waals surface area contributed by atoms with Gasteiger partial charge in [0.25, 0.3) is 11.8 Å². The van der Waals surface area contributed by atoms with E-state index in [0.29, 0.717) is 24.4 Å². The number of β-lactam (4-membered cyclic amide) rings is 1. The number of thiazole rings is 1. The molecule has 1 aromatic heterocycles. The molecule has 2 aliphatic heterocycles. The number of esters is 2. The van der Waals surface area contributed by atoms with Gasteiger partial charge in [0, 0.05) is 36.5 Å². The molecule has 0 radical (unpaired) electrons. The molecule has 3 aromatic carbocycles. The molecule has 3 N–H and O–H groups in total. The molecule has 3 heterocycles. The van der Waals surface area contributed by atoms with Crippen molar-refractivity contribution in [1.29, 1.82) is 0 Å². The molecular weight excluding hydrogens is 795 g/mol. The van der Waals surface area contributed by atoms with E-state index >= 15 is 0 Å². The number of hydrogen-bond donors (Lipinski definition) is 3. The van der Waals surface area contributed by atoms with Crippen LogP contribution >= 0.6 is 23.1 Å². The van der Waals surface area contributed by atoms with Crippen LogP contribution in [0.2, 0.25) is 0 Å². The smallest absolute Gasteiger partial charge is 0.353 e. The number of carboxylic acids is 1. The van der Waals surface area contributed by atoms with Crippen molar-refractivity contribution in [2.45, 2.75) is 75.1 Å². The third-order valence-electron chi connectivity index (χ3n) is 10.1. The molecule has 16 heteroatoms. The summed E-state index contributed by atoms with van der Waals surface area (Å²) in [5.41, 5.74) is -0.618. The van der Waals surface area contributed by atoms with Crippen molar-refractivity contribution in [1.82, 2.24) is 15.2 Å². The molecule has 2 amide bonds. The summed E-state index contributed by atoms with van der Waals surface area (Å²) < 4.78 is 10.7. The second-order valence-electron chi connectivity index (χ2n) is 15.3. The van der Waals surface area contributed by atoms with Crippen LogP contribution < -0.4 is 10.6 Å². The number of carbonyl (C=O) groups excluding carboxylic acids is 4. The Bertz CT molecular complexity index is 2210. The zero-order chi connectivity index (χ0) is 42.0. The van der Waals surface area contributed by atoms with E-state index in [1.54, 1.807) is 26.2 Å². The number of rotatable bonds is 14. The standard InChI is InChI=1S/C43H43N5O9S2/c1-26(49)55-23-27-24-58-37-33(36(51)48(37)34(27)38(52)53)45-35(50)32(47-57-42(21-14-22-42)39(54)56-41(2,3)4)31-25-59-40(44-31)46-43(28-15-8-5-9-16-28,29-17-10-6-11-18-29)30-19-12-7-13-20-30/h5-13,15-20,25,33,37H,14,21-24H2,1-4H3,(H,44,46)(H,45,50)(H,52,53)/b47-32-/t33-,37-/m1/s1. The number of aromatic nitrogens is 1. The lowest BCUT2D eigenvalue weighted by Gasteiger charge is -2.49. The maximum absolute atomic E-state index is 14.3. The largest absolute Gasteiger partial charge is 0.477 e. The minimum atomic E-state index is -1.43. The predicted molar refractivity (Wildman–Crippen MR) is 221 cm³/mol. The summed E-state index contributed by atoms with van der Waals surface area (Å²) in [5.74, 6) is -3.92. The number of oxime groups is 1. The molecule has 4 aromatic rings. The number of thioether (sulfide) groups is 1. The highest BCUT2D eigenvalue weighted by atomic mass is 32.2. The summed E-state index contributed by atoms with van der Waals surface area (Å²) in [6.07, 6.45) is 1.30. The number of amides is 2. The molecule has 0 bridgehead atoms. The molecule has 2 atom stereocenters. The Morgan fingerprint density at radius 1 is 0.932 bits per heavy atom. The number of carboxylic acid groups (broad SMARTS) is 1. The van der Waals surface area contributed by atoms with Gasteiger partial charge in [0.2, 0.25) is 5.60 Å². The lowest BCUT2D eigenvalue weighted by atomic mass is 9.77. The van der Waals surface area contributed by atoms with Gasteiger partial charge < -0.3 is 30.1 Å². The maximum atomic E-state index is 14.3. The SMILES string of the molecule is CC(=O)OCC1=C(C(=O)O)N2C(=O)[C@@H](NC(=O)/C(=N\OC3(C(=O)OC(C)(C)C)CCC3)c3csc(NC(c4ccccc4)(c4ccccc4)c4ccccc4)n3)[C@H]2SC1. The predicted octanol–water partition coefficient (Wildman–Crippen LogP) is 5.83. The third-order valence-corrected chi connectivity index (χ3v) is 12.2. The third kappa shape index (κ3) is 8.32. The fourth-order valence-electron chi connectivity index (χ4n) is 7.11. The van der Waals surface area contributed by atoms with Gasteiger partial charge in [0.15, 0.2) is 10.8 Å². The van der Waals surface area contributed by atoms with Crippen molar-refractivity contribution in [3.63, 3.8) is 0 Å². The van der Waals surface area contributed by atoms with E-state index in [2.05, 4.69) is 15.8 Å². The number of nitrogens with zero attached hydrogens (tertiary/aromatic N) is 3. The molecule has 0 unspecified atom stereocenters. The number of fused-ring (bicyclic) bond motifs is 1. The highest BCUT2D eigenvalue weighted by Crippen LogP contribution is 2.43. The Balaban J connectivity index is 1.24. The first-order valence-electron chi connectivity index (χ1n) is 19.0. The summed E-state index contributed by atoms with van der Waals surface area (Å²) >= 11 is 2.45. The average Bonchev–Trinajstić information content (AvgIpc) is 3.66. The van der Waals surface area contributed by atoms with Crippen LogP contribution in [-0.4, -0.2) is 85.4 Å². The van der Waals surface area contributed by atoms with Crippen LogP contribution in [0.15, 0.2) is 113 Å². The lowest BCUT2D eigenvalue weighted by molar-refractivity contribution is -0.196. The topological polar surface area (TPSA) is 186 Å². The number of ether oxygens (including phenoxy) is 2. The monoisotopic (exact) mass is 837 g/mol. The van der Waals surface area contributed by atoms with E-state index in [-0.39, 0.29) is 35.0 Å². The second kappa shape index (κ2) is 16.7. The Kier molecular flexibility index (Phi) is 11.7.